The first kappa shape index (κ1) is 9.97. The molecule has 1 saturated carbocycles. The van der Waals surface area contributed by atoms with Crippen molar-refractivity contribution in [3.05, 3.63) is 19.8 Å². The number of hydrogen-bond acceptors (Lipinski definition) is 2. The number of rotatable bonds is 2. The zero-order valence-electron chi connectivity index (χ0n) is 7.15. The largest absolute Gasteiger partial charge is 0.330 e. The van der Waals surface area contributed by atoms with Gasteiger partial charge in [0.1, 0.15) is 4.34 Å². The normalized spacial score (nSPS) is 19.9. The van der Waals surface area contributed by atoms with E-state index in [0.717, 1.165) is 15.4 Å². The van der Waals surface area contributed by atoms with E-state index < -0.39 is 0 Å². The molecule has 0 amide bonds. The summed E-state index contributed by atoms with van der Waals surface area (Å²) >= 11 is 11.1. The molecule has 0 radical (unpaired) electrons. The first-order valence-electron chi connectivity index (χ1n) is 4.33. The van der Waals surface area contributed by atoms with Crippen LogP contribution in [0.1, 0.15) is 24.1 Å². The average molecular weight is 281 g/mol. The molecule has 2 N–H and O–H groups in total. The highest BCUT2D eigenvalue weighted by molar-refractivity contribution is 9.10. The quantitative estimate of drug-likeness (QED) is 0.881. The molecule has 0 saturated heterocycles. The monoisotopic (exact) mass is 279 g/mol. The van der Waals surface area contributed by atoms with Gasteiger partial charge in [0.2, 0.25) is 0 Å². The van der Waals surface area contributed by atoms with Gasteiger partial charge >= 0.3 is 0 Å². The van der Waals surface area contributed by atoms with E-state index in [2.05, 4.69) is 22.0 Å². The molecule has 1 aromatic rings. The van der Waals surface area contributed by atoms with Gasteiger partial charge in [-0.15, -0.1) is 11.3 Å². The molecule has 0 bridgehead atoms. The van der Waals surface area contributed by atoms with Gasteiger partial charge in [-0.2, -0.15) is 0 Å². The third-order valence-corrected chi connectivity index (χ3v) is 5.59. The molecule has 0 aromatic carbocycles. The average Bonchev–Trinajstić information content (AvgIpc) is 2.31. The zero-order valence-corrected chi connectivity index (χ0v) is 10.3. The molecule has 1 aliphatic rings. The minimum Gasteiger partial charge on any atom is -0.330 e. The summed E-state index contributed by atoms with van der Waals surface area (Å²) in [6.07, 6.45) is 3.73. The topological polar surface area (TPSA) is 26.0 Å². The molecular formula is C9H11BrClNS. The summed E-state index contributed by atoms with van der Waals surface area (Å²) in [5.41, 5.74) is 6.06. The Morgan fingerprint density at radius 2 is 2.31 bits per heavy atom. The second-order valence-electron chi connectivity index (χ2n) is 3.57. The summed E-state index contributed by atoms with van der Waals surface area (Å²) in [5.74, 6) is 0. The van der Waals surface area contributed by atoms with Gasteiger partial charge in [0.05, 0.1) is 0 Å². The lowest BCUT2D eigenvalue weighted by molar-refractivity contribution is 0.258. The molecule has 0 aliphatic heterocycles. The maximum absolute atomic E-state index is 6.00. The van der Waals surface area contributed by atoms with Crippen LogP contribution in [0.3, 0.4) is 0 Å². The van der Waals surface area contributed by atoms with Crippen molar-refractivity contribution in [1.82, 2.24) is 0 Å². The maximum atomic E-state index is 6.00. The van der Waals surface area contributed by atoms with Gasteiger partial charge in [-0.25, -0.2) is 0 Å². The fourth-order valence-corrected chi connectivity index (χ4v) is 3.72. The molecule has 0 spiro atoms. The van der Waals surface area contributed by atoms with Crippen LogP contribution in [0, 0.1) is 0 Å². The van der Waals surface area contributed by atoms with Crippen molar-refractivity contribution in [2.45, 2.75) is 24.7 Å². The molecule has 0 atom stereocenters. The summed E-state index contributed by atoms with van der Waals surface area (Å²) in [4.78, 5) is 1.35. The van der Waals surface area contributed by atoms with Crippen LogP contribution >= 0.6 is 38.9 Å². The standard InChI is InChI=1S/C9H11BrClNS/c10-6-4-7(13-8(6)11)9(5-12)2-1-3-9/h4H,1-3,5,12H2. The van der Waals surface area contributed by atoms with Gasteiger partial charge in [-0.05, 0) is 34.8 Å². The molecule has 4 heteroatoms. The molecule has 13 heavy (non-hydrogen) atoms. The fourth-order valence-electron chi connectivity index (χ4n) is 1.76. The van der Waals surface area contributed by atoms with E-state index in [0.29, 0.717) is 0 Å². The number of hydrogen-bond donors (Lipinski definition) is 1. The smallest absolute Gasteiger partial charge is 0.107 e. The first-order chi connectivity index (χ1) is 6.18. The molecule has 1 fully saturated rings. The molecule has 72 valence electrons. The lowest BCUT2D eigenvalue weighted by Crippen LogP contribution is -2.40. The Morgan fingerprint density at radius 1 is 1.62 bits per heavy atom. The van der Waals surface area contributed by atoms with Crippen LogP contribution in [-0.2, 0) is 5.41 Å². The lowest BCUT2D eigenvalue weighted by Gasteiger charge is -2.40. The maximum Gasteiger partial charge on any atom is 0.107 e. The second-order valence-corrected chi connectivity index (χ2v) is 6.08. The van der Waals surface area contributed by atoms with Crippen molar-refractivity contribution in [1.29, 1.82) is 0 Å². The number of halogens is 2. The van der Waals surface area contributed by atoms with Crippen molar-refractivity contribution in [2.24, 2.45) is 5.73 Å². The molecule has 1 nitrogen and oxygen atoms in total. The van der Waals surface area contributed by atoms with E-state index >= 15 is 0 Å². The Labute approximate surface area is 95.4 Å². The Bertz CT molecular complexity index is 294. The van der Waals surface area contributed by atoms with Gasteiger partial charge in [0.15, 0.2) is 0 Å². The molecule has 1 aliphatic carbocycles. The predicted molar refractivity (Wildman–Crippen MR) is 61.6 cm³/mol. The van der Waals surface area contributed by atoms with Crippen LogP contribution in [0.15, 0.2) is 10.5 Å². The van der Waals surface area contributed by atoms with E-state index in [1.807, 2.05) is 0 Å². The van der Waals surface area contributed by atoms with E-state index in [1.54, 1.807) is 11.3 Å². The third kappa shape index (κ3) is 1.56. The van der Waals surface area contributed by atoms with Gasteiger partial charge in [0, 0.05) is 21.3 Å². The van der Waals surface area contributed by atoms with E-state index in [-0.39, 0.29) is 5.41 Å². The zero-order chi connectivity index (χ0) is 9.47. The van der Waals surface area contributed by atoms with Crippen LogP contribution in [0.5, 0.6) is 0 Å². The van der Waals surface area contributed by atoms with Crippen LogP contribution < -0.4 is 5.73 Å². The minimum absolute atomic E-state index is 0.250. The molecule has 2 rings (SSSR count). The Balaban J connectivity index is 2.33. The van der Waals surface area contributed by atoms with E-state index in [1.165, 1.54) is 24.1 Å². The minimum atomic E-state index is 0.250. The van der Waals surface area contributed by atoms with Crippen molar-refractivity contribution in [3.63, 3.8) is 0 Å². The van der Waals surface area contributed by atoms with Crippen LogP contribution in [0.2, 0.25) is 4.34 Å². The second kappa shape index (κ2) is 3.54. The molecule has 1 heterocycles. The fraction of sp³-hybridized carbons (Fsp3) is 0.556. The molecule has 0 unspecified atom stereocenters. The van der Waals surface area contributed by atoms with Gasteiger partial charge in [-0.1, -0.05) is 18.0 Å². The Hall–Kier alpha value is 0.430. The highest BCUT2D eigenvalue weighted by Gasteiger charge is 2.38. The van der Waals surface area contributed by atoms with Crippen LogP contribution in [-0.4, -0.2) is 6.54 Å². The Kier molecular flexibility index (Phi) is 2.71. The highest BCUT2D eigenvalue weighted by atomic mass is 79.9. The number of thiophene rings is 1. The van der Waals surface area contributed by atoms with Crippen LogP contribution in [0.25, 0.3) is 0 Å². The third-order valence-electron chi connectivity index (χ3n) is 2.87. The Morgan fingerprint density at radius 3 is 2.62 bits per heavy atom. The summed E-state index contributed by atoms with van der Waals surface area (Å²) in [6, 6.07) is 2.12. The summed E-state index contributed by atoms with van der Waals surface area (Å²) < 4.78 is 1.85. The highest BCUT2D eigenvalue weighted by Crippen LogP contribution is 2.48. The summed E-state index contributed by atoms with van der Waals surface area (Å²) in [5, 5.41) is 0. The molecular weight excluding hydrogens is 270 g/mol. The van der Waals surface area contributed by atoms with Gasteiger partial charge in [0.25, 0.3) is 0 Å². The van der Waals surface area contributed by atoms with Crippen LogP contribution in [0.4, 0.5) is 0 Å². The van der Waals surface area contributed by atoms with E-state index in [9.17, 15) is 0 Å². The first-order valence-corrected chi connectivity index (χ1v) is 6.32. The lowest BCUT2D eigenvalue weighted by atomic mass is 9.68. The van der Waals surface area contributed by atoms with Crippen molar-refractivity contribution < 1.29 is 0 Å². The molecule has 1 aromatic heterocycles. The van der Waals surface area contributed by atoms with Crippen molar-refractivity contribution >= 4 is 38.9 Å². The van der Waals surface area contributed by atoms with Crippen molar-refractivity contribution in [2.75, 3.05) is 6.54 Å². The van der Waals surface area contributed by atoms with E-state index in [4.69, 9.17) is 17.3 Å². The van der Waals surface area contributed by atoms with Gasteiger partial charge in [-0.3, -0.25) is 0 Å². The number of nitrogens with two attached hydrogens (primary N) is 1. The van der Waals surface area contributed by atoms with Gasteiger partial charge < -0.3 is 5.73 Å². The predicted octanol–water partition coefficient (Wildman–Crippen LogP) is 3.54. The van der Waals surface area contributed by atoms with Crippen molar-refractivity contribution in [3.8, 4) is 0 Å². The summed E-state index contributed by atoms with van der Waals surface area (Å²) in [6.45, 7) is 0.746. The summed E-state index contributed by atoms with van der Waals surface area (Å²) in [7, 11) is 0. The SMILES string of the molecule is NCC1(c2cc(Br)c(Cl)s2)CCC1.